The molecule has 5 aromatic heterocycles. The van der Waals surface area contributed by atoms with Gasteiger partial charge in [0.1, 0.15) is 5.82 Å². The first-order valence-corrected chi connectivity index (χ1v) is 14.8. The number of furan rings is 2. The van der Waals surface area contributed by atoms with Crippen LogP contribution in [0.25, 0.3) is 83.4 Å². The van der Waals surface area contributed by atoms with Gasteiger partial charge in [0.15, 0.2) is 0 Å². The second-order valence-electron chi connectivity index (χ2n) is 11.3. The Kier molecular flexibility index (Phi) is 5.62. The highest BCUT2D eigenvalue weighted by Gasteiger charge is 2.18. The lowest BCUT2D eigenvalue weighted by Crippen LogP contribution is -1.96. The number of imidazole rings is 1. The number of aryl methyl sites for hydroxylation is 1. The molecule has 6 nitrogen and oxygen atoms in total. The zero-order valence-corrected chi connectivity index (χ0v) is 24.4. The van der Waals surface area contributed by atoms with Crippen molar-refractivity contribution in [1.82, 2.24) is 19.1 Å². The number of benzene rings is 4. The van der Waals surface area contributed by atoms with E-state index in [4.69, 9.17) is 13.8 Å². The zero-order valence-electron chi connectivity index (χ0n) is 24.4. The lowest BCUT2D eigenvalue weighted by atomic mass is 10.0. The summed E-state index contributed by atoms with van der Waals surface area (Å²) in [5, 5.41) is 2.34. The van der Waals surface area contributed by atoms with E-state index in [1.54, 1.807) is 25.1 Å². The molecule has 0 fully saturated rings. The van der Waals surface area contributed by atoms with E-state index in [0.29, 0.717) is 0 Å². The van der Waals surface area contributed by atoms with Crippen LogP contribution in [0.3, 0.4) is 0 Å². The van der Waals surface area contributed by atoms with E-state index in [2.05, 4.69) is 100 Å². The molecule has 0 N–H and O–H groups in total. The second-order valence-corrected chi connectivity index (χ2v) is 11.3. The molecule has 0 atom stereocenters. The molecule has 9 aromatic rings. The molecule has 0 radical (unpaired) electrons. The topological polar surface area (TPSA) is 61.9 Å². The lowest BCUT2D eigenvalue weighted by molar-refractivity contribution is 0.568. The average molecular weight is 583 g/mol. The highest BCUT2D eigenvalue weighted by molar-refractivity contribution is 6.11. The number of hydrogen-bond acceptors (Lipinski definition) is 4. The molecule has 214 valence electrons. The summed E-state index contributed by atoms with van der Waals surface area (Å²) in [5.74, 6) is 0.911. The smallest absolute Gasteiger partial charge is 0.140 e. The van der Waals surface area contributed by atoms with Gasteiger partial charge in [0.05, 0.1) is 52.8 Å². The van der Waals surface area contributed by atoms with Gasteiger partial charge in [-0.3, -0.25) is 4.98 Å². The van der Waals surface area contributed by atoms with Gasteiger partial charge >= 0.3 is 0 Å². The van der Waals surface area contributed by atoms with Gasteiger partial charge in [-0.25, -0.2) is 4.98 Å². The Hall–Kier alpha value is -6.14. The summed E-state index contributed by atoms with van der Waals surface area (Å²) in [6, 6.07) is 38.2. The van der Waals surface area contributed by atoms with Crippen LogP contribution < -0.4 is 0 Å². The van der Waals surface area contributed by atoms with Crippen LogP contribution in [0.1, 0.15) is 0 Å². The molecule has 4 aromatic carbocycles. The van der Waals surface area contributed by atoms with Crippen molar-refractivity contribution in [3.8, 4) is 50.6 Å². The van der Waals surface area contributed by atoms with Crippen LogP contribution in [0, 0.1) is 0 Å². The molecular weight excluding hydrogens is 556 g/mol. The molecule has 0 saturated heterocycles. The quantitative estimate of drug-likeness (QED) is 0.203. The number of aromatic nitrogens is 4. The molecule has 5 heterocycles. The summed E-state index contributed by atoms with van der Waals surface area (Å²) in [6.45, 7) is 0. The maximum atomic E-state index is 5.40. The Morgan fingerprint density at radius 1 is 0.556 bits per heavy atom. The zero-order chi connectivity index (χ0) is 29.9. The van der Waals surface area contributed by atoms with Gasteiger partial charge in [0.2, 0.25) is 0 Å². The Morgan fingerprint density at radius 2 is 1.33 bits per heavy atom. The van der Waals surface area contributed by atoms with Crippen LogP contribution in [0.5, 0.6) is 0 Å². The summed E-state index contributed by atoms with van der Waals surface area (Å²) in [7, 11) is 2.08. The molecule has 9 rings (SSSR count). The van der Waals surface area contributed by atoms with Gasteiger partial charge in [-0.2, -0.15) is 0 Å². The third-order valence-electron chi connectivity index (χ3n) is 8.68. The van der Waals surface area contributed by atoms with Crippen LogP contribution in [-0.2, 0) is 7.05 Å². The predicted molar refractivity (Wildman–Crippen MR) is 179 cm³/mol. The Balaban J connectivity index is 1.26. The fraction of sp³-hybridized carbons (Fsp3) is 0.0256. The van der Waals surface area contributed by atoms with Crippen LogP contribution in [0.4, 0.5) is 0 Å². The van der Waals surface area contributed by atoms with E-state index in [0.717, 1.165) is 72.7 Å². The molecule has 0 aliphatic heterocycles. The Bertz CT molecular complexity index is 2480. The number of pyridine rings is 1. The maximum Gasteiger partial charge on any atom is 0.140 e. The van der Waals surface area contributed by atoms with Gasteiger partial charge in [-0.05, 0) is 77.9 Å². The standard InChI is InChI=1S/C39H26N4O2/c1-42-37-13-10-26(30-15-18-45-24-30)21-35(37)41-39(42)28-8-11-32-33-20-25(29-14-17-44-23-29)9-12-36(33)43(38(32)22-28)31-6-4-5-27(19-31)34-7-2-3-16-40-34/h2-24H,1H3. The van der Waals surface area contributed by atoms with E-state index in [9.17, 15) is 0 Å². The van der Waals surface area contributed by atoms with Gasteiger partial charge in [-0.1, -0.05) is 42.5 Å². The highest BCUT2D eigenvalue weighted by atomic mass is 16.3. The minimum absolute atomic E-state index is 0.911. The normalized spacial score (nSPS) is 11.7. The number of hydrogen-bond donors (Lipinski definition) is 0. The summed E-state index contributed by atoms with van der Waals surface area (Å²) in [5.41, 5.74) is 12.7. The van der Waals surface area contributed by atoms with Crippen molar-refractivity contribution in [3.63, 3.8) is 0 Å². The molecule has 0 aliphatic carbocycles. The molecule has 45 heavy (non-hydrogen) atoms. The number of nitrogens with zero attached hydrogens (tertiary/aromatic N) is 4. The molecule has 0 aliphatic rings. The first-order chi connectivity index (χ1) is 22.2. The summed E-state index contributed by atoms with van der Waals surface area (Å²) in [4.78, 5) is 9.73. The molecule has 0 unspecified atom stereocenters. The summed E-state index contributed by atoms with van der Waals surface area (Å²) < 4.78 is 15.2. The molecular formula is C39H26N4O2. The van der Waals surface area contributed by atoms with Crippen molar-refractivity contribution >= 4 is 32.8 Å². The maximum absolute atomic E-state index is 5.40. The van der Waals surface area contributed by atoms with Gasteiger partial charge in [-0.15, -0.1) is 0 Å². The van der Waals surface area contributed by atoms with Crippen LogP contribution in [-0.4, -0.2) is 19.1 Å². The number of rotatable bonds is 5. The van der Waals surface area contributed by atoms with Crippen molar-refractivity contribution < 1.29 is 8.83 Å². The van der Waals surface area contributed by atoms with E-state index in [1.807, 2.05) is 36.5 Å². The van der Waals surface area contributed by atoms with Crippen molar-refractivity contribution in [2.24, 2.45) is 7.05 Å². The first kappa shape index (κ1) is 25.4. The van der Waals surface area contributed by atoms with Gasteiger partial charge in [0.25, 0.3) is 0 Å². The van der Waals surface area contributed by atoms with Gasteiger partial charge < -0.3 is 18.0 Å². The van der Waals surface area contributed by atoms with E-state index >= 15 is 0 Å². The van der Waals surface area contributed by atoms with E-state index in [1.165, 1.54) is 10.8 Å². The monoisotopic (exact) mass is 582 g/mol. The summed E-state index contributed by atoms with van der Waals surface area (Å²) >= 11 is 0. The van der Waals surface area contributed by atoms with Gasteiger partial charge in [0, 0.05) is 52.0 Å². The Morgan fingerprint density at radius 3 is 2.09 bits per heavy atom. The molecule has 6 heteroatoms. The fourth-order valence-corrected chi connectivity index (χ4v) is 6.45. The SMILES string of the molecule is Cn1c(-c2ccc3c4cc(-c5ccoc5)ccc4n(-c4cccc(-c5ccccn5)c4)c3c2)nc2cc(-c3ccoc3)ccc21. The van der Waals surface area contributed by atoms with E-state index < -0.39 is 0 Å². The average Bonchev–Trinajstić information content (AvgIpc) is 3.91. The first-order valence-electron chi connectivity index (χ1n) is 14.8. The lowest BCUT2D eigenvalue weighted by Gasteiger charge is -2.11. The molecule has 0 spiro atoms. The van der Waals surface area contributed by atoms with Crippen molar-refractivity contribution in [3.05, 3.63) is 140 Å². The Labute approximate surface area is 258 Å². The van der Waals surface area contributed by atoms with Crippen LogP contribution in [0.15, 0.2) is 149 Å². The highest BCUT2D eigenvalue weighted by Crippen LogP contribution is 2.38. The third kappa shape index (κ3) is 4.11. The third-order valence-corrected chi connectivity index (χ3v) is 8.68. The van der Waals surface area contributed by atoms with Crippen molar-refractivity contribution in [2.45, 2.75) is 0 Å². The molecule has 0 amide bonds. The van der Waals surface area contributed by atoms with E-state index in [-0.39, 0.29) is 0 Å². The largest absolute Gasteiger partial charge is 0.472 e. The molecule has 0 saturated carbocycles. The van der Waals surface area contributed by atoms with Crippen molar-refractivity contribution in [2.75, 3.05) is 0 Å². The minimum atomic E-state index is 0.911. The van der Waals surface area contributed by atoms with Crippen molar-refractivity contribution in [1.29, 1.82) is 0 Å². The fourth-order valence-electron chi connectivity index (χ4n) is 6.45. The molecule has 0 bridgehead atoms. The number of fused-ring (bicyclic) bond motifs is 4. The van der Waals surface area contributed by atoms with Crippen LogP contribution in [0.2, 0.25) is 0 Å². The minimum Gasteiger partial charge on any atom is -0.472 e. The summed E-state index contributed by atoms with van der Waals surface area (Å²) in [6.07, 6.45) is 8.80. The van der Waals surface area contributed by atoms with Crippen LogP contribution >= 0.6 is 0 Å². The second kappa shape index (κ2) is 9.96. The predicted octanol–water partition coefficient (Wildman–Crippen LogP) is 9.92.